The summed E-state index contributed by atoms with van der Waals surface area (Å²) in [7, 11) is 0. The summed E-state index contributed by atoms with van der Waals surface area (Å²) in [6.07, 6.45) is 2.64. The first-order chi connectivity index (χ1) is 9.99. The first-order valence-corrected chi connectivity index (χ1v) is 6.91. The molecule has 1 aliphatic heterocycles. The summed E-state index contributed by atoms with van der Waals surface area (Å²) in [6.45, 7) is 3.81. The van der Waals surface area contributed by atoms with E-state index in [9.17, 15) is 14.4 Å². The number of hydrogen-bond donors (Lipinski definition) is 1. The molecule has 0 bridgehead atoms. The van der Waals surface area contributed by atoms with Crippen LogP contribution in [-0.2, 0) is 16.0 Å². The van der Waals surface area contributed by atoms with Crippen LogP contribution in [0.5, 0.6) is 0 Å². The largest absolute Gasteiger partial charge is 0.478 e. The number of Topliss-reactive ketones (excluding diaryl/α,β-unsaturated/α-hetero) is 1. The van der Waals surface area contributed by atoms with Crippen LogP contribution in [-0.4, -0.2) is 29.3 Å². The number of anilines is 1. The topological polar surface area (TPSA) is 74.7 Å². The van der Waals surface area contributed by atoms with Crippen molar-refractivity contribution in [2.45, 2.75) is 26.7 Å². The van der Waals surface area contributed by atoms with Gasteiger partial charge in [-0.3, -0.25) is 9.59 Å². The number of carboxylic acids is 1. The maximum Gasteiger partial charge on any atom is 0.331 e. The Labute approximate surface area is 122 Å². The molecule has 1 aliphatic rings. The summed E-state index contributed by atoms with van der Waals surface area (Å²) in [5.74, 6) is -2.13. The van der Waals surface area contributed by atoms with E-state index in [0.717, 1.165) is 12.0 Å². The SMILES string of the molecule is CCC(=CCN1C(=O)C(=O)c2cc(CC)ccc21)C(=O)O. The number of carboxylic acid groups (broad SMARTS) is 1. The molecule has 2 rings (SSSR count). The fraction of sp³-hybridized carbons (Fsp3) is 0.312. The molecule has 5 nitrogen and oxygen atoms in total. The van der Waals surface area contributed by atoms with Crippen LogP contribution < -0.4 is 4.90 Å². The minimum absolute atomic E-state index is 0.0958. The van der Waals surface area contributed by atoms with E-state index in [1.807, 2.05) is 13.0 Å². The summed E-state index contributed by atoms with van der Waals surface area (Å²) in [6, 6.07) is 5.35. The average Bonchev–Trinajstić information content (AvgIpc) is 2.71. The highest BCUT2D eigenvalue weighted by atomic mass is 16.4. The summed E-state index contributed by atoms with van der Waals surface area (Å²) in [5.41, 5.74) is 2.18. The van der Waals surface area contributed by atoms with Crippen LogP contribution in [0.15, 0.2) is 29.8 Å². The number of carbonyl (C=O) groups excluding carboxylic acids is 2. The third kappa shape index (κ3) is 2.72. The predicted octanol–water partition coefficient (Wildman–Crippen LogP) is 2.20. The van der Waals surface area contributed by atoms with Gasteiger partial charge in [0, 0.05) is 12.1 Å². The Morgan fingerprint density at radius 3 is 2.57 bits per heavy atom. The second-order valence-corrected chi connectivity index (χ2v) is 4.84. The number of benzene rings is 1. The number of hydrogen-bond acceptors (Lipinski definition) is 3. The van der Waals surface area contributed by atoms with Crippen molar-refractivity contribution in [3.8, 4) is 0 Å². The van der Waals surface area contributed by atoms with Gasteiger partial charge < -0.3 is 10.0 Å². The smallest absolute Gasteiger partial charge is 0.331 e. The van der Waals surface area contributed by atoms with Gasteiger partial charge in [-0.1, -0.05) is 26.0 Å². The summed E-state index contributed by atoms with van der Waals surface area (Å²) in [5, 5.41) is 8.99. The van der Waals surface area contributed by atoms with Crippen molar-refractivity contribution >= 4 is 23.3 Å². The Kier molecular flexibility index (Phi) is 4.21. The second-order valence-electron chi connectivity index (χ2n) is 4.84. The zero-order valence-electron chi connectivity index (χ0n) is 12.0. The second kappa shape index (κ2) is 5.91. The van der Waals surface area contributed by atoms with Crippen molar-refractivity contribution in [1.29, 1.82) is 0 Å². The lowest BCUT2D eigenvalue weighted by Crippen LogP contribution is -2.30. The van der Waals surface area contributed by atoms with Gasteiger partial charge in [-0.25, -0.2) is 4.79 Å². The van der Waals surface area contributed by atoms with Gasteiger partial charge in [0.1, 0.15) is 0 Å². The van der Waals surface area contributed by atoms with Crippen LogP contribution in [0.25, 0.3) is 0 Å². The molecule has 0 saturated carbocycles. The summed E-state index contributed by atoms with van der Waals surface area (Å²) < 4.78 is 0. The maximum absolute atomic E-state index is 12.0. The van der Waals surface area contributed by atoms with Crippen LogP contribution in [0.4, 0.5) is 5.69 Å². The Hall–Kier alpha value is -2.43. The number of amides is 1. The monoisotopic (exact) mass is 287 g/mol. The van der Waals surface area contributed by atoms with E-state index < -0.39 is 17.7 Å². The first kappa shape index (κ1) is 15.0. The Bertz CT molecular complexity index is 646. The van der Waals surface area contributed by atoms with Crippen molar-refractivity contribution in [2.24, 2.45) is 0 Å². The first-order valence-electron chi connectivity index (χ1n) is 6.91. The molecule has 1 aromatic carbocycles. The third-order valence-electron chi connectivity index (χ3n) is 3.62. The van der Waals surface area contributed by atoms with E-state index in [4.69, 9.17) is 5.11 Å². The molecule has 5 heteroatoms. The average molecular weight is 287 g/mol. The van der Waals surface area contributed by atoms with Gasteiger partial charge in [0.05, 0.1) is 11.3 Å². The van der Waals surface area contributed by atoms with Gasteiger partial charge in [-0.15, -0.1) is 0 Å². The Balaban J connectivity index is 2.33. The van der Waals surface area contributed by atoms with Crippen molar-refractivity contribution in [2.75, 3.05) is 11.4 Å². The minimum Gasteiger partial charge on any atom is -0.478 e. The maximum atomic E-state index is 12.0. The van der Waals surface area contributed by atoms with Gasteiger partial charge >= 0.3 is 5.97 Å². The molecule has 0 atom stereocenters. The van der Waals surface area contributed by atoms with E-state index in [1.54, 1.807) is 19.1 Å². The van der Waals surface area contributed by atoms with Crippen LogP contribution in [0.2, 0.25) is 0 Å². The molecular weight excluding hydrogens is 270 g/mol. The molecular formula is C16H17NO4. The molecule has 0 spiro atoms. The standard InChI is InChI=1S/C16H17NO4/c1-3-10-5-6-13-12(9-10)14(18)15(19)17(13)8-7-11(4-2)16(20)21/h5-7,9H,3-4,8H2,1-2H3,(H,20,21). The predicted molar refractivity (Wildman–Crippen MR) is 78.5 cm³/mol. The summed E-state index contributed by atoms with van der Waals surface area (Å²) in [4.78, 5) is 36.3. The van der Waals surface area contributed by atoms with E-state index in [1.165, 1.54) is 11.0 Å². The quantitative estimate of drug-likeness (QED) is 0.665. The zero-order chi connectivity index (χ0) is 15.6. The van der Waals surface area contributed by atoms with Crippen LogP contribution in [0.1, 0.15) is 36.2 Å². The Morgan fingerprint density at radius 1 is 1.29 bits per heavy atom. The van der Waals surface area contributed by atoms with Crippen molar-refractivity contribution in [3.63, 3.8) is 0 Å². The van der Waals surface area contributed by atoms with Gasteiger partial charge in [-0.2, -0.15) is 0 Å². The molecule has 21 heavy (non-hydrogen) atoms. The molecule has 110 valence electrons. The number of aliphatic carboxylic acids is 1. The van der Waals surface area contributed by atoms with Crippen LogP contribution in [0, 0.1) is 0 Å². The molecule has 1 amide bonds. The number of nitrogens with zero attached hydrogens (tertiary/aromatic N) is 1. The third-order valence-corrected chi connectivity index (χ3v) is 3.62. The number of rotatable bonds is 5. The van der Waals surface area contributed by atoms with E-state index in [0.29, 0.717) is 17.7 Å². The summed E-state index contributed by atoms with van der Waals surface area (Å²) >= 11 is 0. The lowest BCUT2D eigenvalue weighted by atomic mass is 10.1. The van der Waals surface area contributed by atoms with E-state index in [-0.39, 0.29) is 12.1 Å². The number of carbonyl (C=O) groups is 3. The van der Waals surface area contributed by atoms with Crippen molar-refractivity contribution in [1.82, 2.24) is 0 Å². The molecule has 1 aromatic rings. The van der Waals surface area contributed by atoms with Crippen LogP contribution >= 0.6 is 0 Å². The molecule has 1 heterocycles. The number of fused-ring (bicyclic) bond motifs is 1. The molecule has 0 fully saturated rings. The molecule has 1 N–H and O–H groups in total. The normalized spacial score (nSPS) is 14.6. The van der Waals surface area contributed by atoms with Gasteiger partial charge in [0.15, 0.2) is 0 Å². The molecule has 0 aliphatic carbocycles. The zero-order valence-corrected chi connectivity index (χ0v) is 12.0. The van der Waals surface area contributed by atoms with Gasteiger partial charge in [0.2, 0.25) is 0 Å². The van der Waals surface area contributed by atoms with Crippen LogP contribution in [0.3, 0.4) is 0 Å². The fourth-order valence-corrected chi connectivity index (χ4v) is 2.33. The highest BCUT2D eigenvalue weighted by molar-refractivity contribution is 6.52. The van der Waals surface area contributed by atoms with Gasteiger partial charge in [-0.05, 0) is 30.5 Å². The van der Waals surface area contributed by atoms with E-state index >= 15 is 0 Å². The lowest BCUT2D eigenvalue weighted by molar-refractivity contribution is -0.132. The molecule has 0 saturated heterocycles. The van der Waals surface area contributed by atoms with Crippen molar-refractivity contribution < 1.29 is 19.5 Å². The number of ketones is 1. The molecule has 0 radical (unpaired) electrons. The van der Waals surface area contributed by atoms with Gasteiger partial charge in [0.25, 0.3) is 11.7 Å². The Morgan fingerprint density at radius 2 is 2.00 bits per heavy atom. The number of aryl methyl sites for hydroxylation is 1. The molecule has 0 aromatic heterocycles. The van der Waals surface area contributed by atoms with E-state index in [2.05, 4.69) is 0 Å². The minimum atomic E-state index is -1.00. The molecule has 0 unspecified atom stereocenters. The highest BCUT2D eigenvalue weighted by Crippen LogP contribution is 2.30. The lowest BCUT2D eigenvalue weighted by Gasteiger charge is -2.14. The van der Waals surface area contributed by atoms with Crippen molar-refractivity contribution in [3.05, 3.63) is 41.0 Å². The fourth-order valence-electron chi connectivity index (χ4n) is 2.33. The highest BCUT2D eigenvalue weighted by Gasteiger charge is 2.35.